The highest BCUT2D eigenvalue weighted by atomic mass is 32.1. The van der Waals surface area contributed by atoms with Crippen molar-refractivity contribution in [2.45, 2.75) is 33.4 Å². The SMILES string of the molecule is CCCNCc1cc(COCCOCCOC)c(C)s1. The number of aryl methyl sites for hydroxylation is 1. The Kier molecular flexibility index (Phi) is 9.87. The summed E-state index contributed by atoms with van der Waals surface area (Å²) in [5.74, 6) is 0. The van der Waals surface area contributed by atoms with Crippen LogP contribution in [0.25, 0.3) is 0 Å². The molecule has 1 heterocycles. The summed E-state index contributed by atoms with van der Waals surface area (Å²) >= 11 is 1.85. The van der Waals surface area contributed by atoms with E-state index in [4.69, 9.17) is 14.2 Å². The standard InChI is InChI=1S/C15H27NO3S/c1-4-5-16-11-15-10-14(13(2)20-15)12-19-9-8-18-7-6-17-3/h10,16H,4-9,11-12H2,1-3H3. The van der Waals surface area contributed by atoms with Crippen LogP contribution in [-0.4, -0.2) is 40.1 Å². The number of nitrogens with one attached hydrogen (secondary N) is 1. The summed E-state index contributed by atoms with van der Waals surface area (Å²) in [6, 6.07) is 2.24. The maximum Gasteiger partial charge on any atom is 0.0728 e. The Morgan fingerprint density at radius 1 is 1.15 bits per heavy atom. The number of ether oxygens (including phenoxy) is 3. The molecule has 20 heavy (non-hydrogen) atoms. The summed E-state index contributed by atoms with van der Waals surface area (Å²) in [4.78, 5) is 2.73. The first-order valence-corrected chi connectivity index (χ1v) is 8.03. The van der Waals surface area contributed by atoms with Crippen LogP contribution in [0.1, 0.15) is 28.7 Å². The fourth-order valence-electron chi connectivity index (χ4n) is 1.75. The third kappa shape index (κ3) is 7.36. The Labute approximate surface area is 126 Å². The van der Waals surface area contributed by atoms with Gasteiger partial charge in [-0.15, -0.1) is 11.3 Å². The molecule has 4 nitrogen and oxygen atoms in total. The van der Waals surface area contributed by atoms with Crippen molar-refractivity contribution in [3.63, 3.8) is 0 Å². The minimum absolute atomic E-state index is 0.622. The van der Waals surface area contributed by atoms with Gasteiger partial charge in [-0.1, -0.05) is 6.92 Å². The van der Waals surface area contributed by atoms with Gasteiger partial charge < -0.3 is 19.5 Å². The Morgan fingerprint density at radius 3 is 2.65 bits per heavy atom. The van der Waals surface area contributed by atoms with Gasteiger partial charge in [-0.05, 0) is 31.5 Å². The molecule has 116 valence electrons. The van der Waals surface area contributed by atoms with E-state index in [2.05, 4.69) is 25.2 Å². The van der Waals surface area contributed by atoms with Crippen LogP contribution in [0.4, 0.5) is 0 Å². The molecule has 0 unspecified atom stereocenters. The second-order valence-corrected chi connectivity index (χ2v) is 5.97. The van der Waals surface area contributed by atoms with Gasteiger partial charge in [0.05, 0.1) is 33.0 Å². The first-order chi connectivity index (χ1) is 9.77. The summed E-state index contributed by atoms with van der Waals surface area (Å²) < 4.78 is 15.9. The smallest absolute Gasteiger partial charge is 0.0728 e. The number of hydrogen-bond acceptors (Lipinski definition) is 5. The molecule has 0 atom stereocenters. The summed E-state index contributed by atoms with van der Waals surface area (Å²) in [6.45, 7) is 9.55. The van der Waals surface area contributed by atoms with Crippen LogP contribution in [0, 0.1) is 6.92 Å². The molecular formula is C15H27NO3S. The molecule has 0 aromatic carbocycles. The summed E-state index contributed by atoms with van der Waals surface area (Å²) in [7, 11) is 1.67. The van der Waals surface area contributed by atoms with Crippen molar-refractivity contribution in [1.82, 2.24) is 5.32 Å². The average Bonchev–Trinajstić information content (AvgIpc) is 2.79. The highest BCUT2D eigenvalue weighted by molar-refractivity contribution is 7.12. The fraction of sp³-hybridized carbons (Fsp3) is 0.733. The Hall–Kier alpha value is -0.460. The third-order valence-electron chi connectivity index (χ3n) is 2.86. The van der Waals surface area contributed by atoms with E-state index in [1.807, 2.05) is 11.3 Å². The quantitative estimate of drug-likeness (QED) is 0.603. The predicted octanol–water partition coefficient (Wildman–Crippen LogP) is 2.74. The molecule has 0 spiro atoms. The van der Waals surface area contributed by atoms with Crippen LogP contribution in [0.2, 0.25) is 0 Å². The van der Waals surface area contributed by atoms with Crippen LogP contribution in [-0.2, 0) is 27.4 Å². The number of hydrogen-bond donors (Lipinski definition) is 1. The molecule has 1 N–H and O–H groups in total. The van der Waals surface area contributed by atoms with Gasteiger partial charge >= 0.3 is 0 Å². The molecule has 0 saturated carbocycles. The van der Waals surface area contributed by atoms with Crippen LogP contribution in [0.15, 0.2) is 6.07 Å². The molecular weight excluding hydrogens is 274 g/mol. The lowest BCUT2D eigenvalue weighted by Gasteiger charge is -2.05. The lowest BCUT2D eigenvalue weighted by Crippen LogP contribution is -2.12. The van der Waals surface area contributed by atoms with Gasteiger partial charge in [0.1, 0.15) is 0 Å². The highest BCUT2D eigenvalue weighted by Crippen LogP contribution is 2.22. The van der Waals surface area contributed by atoms with Crippen molar-refractivity contribution >= 4 is 11.3 Å². The highest BCUT2D eigenvalue weighted by Gasteiger charge is 2.05. The van der Waals surface area contributed by atoms with Gasteiger partial charge in [0.15, 0.2) is 0 Å². The summed E-state index contributed by atoms with van der Waals surface area (Å²) in [6.07, 6.45) is 1.17. The maximum absolute atomic E-state index is 5.64. The Balaban J connectivity index is 2.16. The largest absolute Gasteiger partial charge is 0.382 e. The third-order valence-corrected chi connectivity index (χ3v) is 3.95. The topological polar surface area (TPSA) is 39.7 Å². The molecule has 0 aliphatic heterocycles. The Morgan fingerprint density at radius 2 is 1.90 bits per heavy atom. The first-order valence-electron chi connectivity index (χ1n) is 7.21. The van der Waals surface area contributed by atoms with Gasteiger partial charge in [-0.3, -0.25) is 0 Å². The number of rotatable bonds is 12. The van der Waals surface area contributed by atoms with E-state index in [0.717, 1.165) is 13.1 Å². The minimum atomic E-state index is 0.622. The zero-order chi connectivity index (χ0) is 14.6. The van der Waals surface area contributed by atoms with E-state index in [9.17, 15) is 0 Å². The summed E-state index contributed by atoms with van der Waals surface area (Å²) in [5, 5.41) is 3.43. The zero-order valence-electron chi connectivity index (χ0n) is 12.9. The molecule has 5 heteroatoms. The predicted molar refractivity (Wildman–Crippen MR) is 83.4 cm³/mol. The van der Waals surface area contributed by atoms with E-state index in [1.54, 1.807) is 7.11 Å². The lowest BCUT2D eigenvalue weighted by atomic mass is 10.2. The summed E-state index contributed by atoms with van der Waals surface area (Å²) in [5.41, 5.74) is 1.29. The van der Waals surface area contributed by atoms with Gasteiger partial charge in [-0.25, -0.2) is 0 Å². The molecule has 1 aromatic heterocycles. The molecule has 1 rings (SSSR count). The molecule has 0 amide bonds. The fourth-order valence-corrected chi connectivity index (χ4v) is 2.77. The monoisotopic (exact) mass is 301 g/mol. The number of thiophene rings is 1. The van der Waals surface area contributed by atoms with Crippen LogP contribution in [0.5, 0.6) is 0 Å². The van der Waals surface area contributed by atoms with Crippen LogP contribution in [0.3, 0.4) is 0 Å². The van der Waals surface area contributed by atoms with E-state index in [0.29, 0.717) is 33.0 Å². The van der Waals surface area contributed by atoms with Crippen molar-refractivity contribution in [2.75, 3.05) is 40.1 Å². The lowest BCUT2D eigenvalue weighted by molar-refractivity contribution is 0.0199. The molecule has 0 fully saturated rings. The van der Waals surface area contributed by atoms with Gasteiger partial charge in [0, 0.05) is 23.4 Å². The molecule has 0 aliphatic carbocycles. The normalized spacial score (nSPS) is 11.2. The van der Waals surface area contributed by atoms with Crippen molar-refractivity contribution in [1.29, 1.82) is 0 Å². The van der Waals surface area contributed by atoms with Gasteiger partial charge in [0.2, 0.25) is 0 Å². The van der Waals surface area contributed by atoms with Crippen molar-refractivity contribution in [2.24, 2.45) is 0 Å². The minimum Gasteiger partial charge on any atom is -0.382 e. The van der Waals surface area contributed by atoms with Gasteiger partial charge in [-0.2, -0.15) is 0 Å². The molecule has 0 aliphatic rings. The van der Waals surface area contributed by atoms with Crippen molar-refractivity contribution in [3.8, 4) is 0 Å². The van der Waals surface area contributed by atoms with Crippen LogP contribution >= 0.6 is 11.3 Å². The van der Waals surface area contributed by atoms with E-state index >= 15 is 0 Å². The second kappa shape index (κ2) is 11.2. The molecule has 0 bridgehead atoms. The molecule has 0 saturated heterocycles. The molecule has 0 radical (unpaired) electrons. The first kappa shape index (κ1) is 17.6. The van der Waals surface area contributed by atoms with Crippen molar-refractivity contribution < 1.29 is 14.2 Å². The van der Waals surface area contributed by atoms with Crippen molar-refractivity contribution in [3.05, 3.63) is 21.4 Å². The van der Waals surface area contributed by atoms with E-state index < -0.39 is 0 Å². The Bertz CT molecular complexity index is 355. The van der Waals surface area contributed by atoms with Crippen LogP contribution < -0.4 is 5.32 Å². The van der Waals surface area contributed by atoms with Gasteiger partial charge in [0.25, 0.3) is 0 Å². The maximum atomic E-state index is 5.64. The number of methoxy groups -OCH3 is 1. The second-order valence-electron chi connectivity index (χ2n) is 4.63. The zero-order valence-corrected chi connectivity index (χ0v) is 13.7. The van der Waals surface area contributed by atoms with E-state index in [1.165, 1.54) is 21.7 Å². The molecule has 1 aromatic rings. The average molecular weight is 301 g/mol. The van der Waals surface area contributed by atoms with E-state index in [-0.39, 0.29) is 0 Å².